The third-order valence-electron chi connectivity index (χ3n) is 8.81. The number of rotatable bonds is 8. The van der Waals surface area contributed by atoms with Crippen LogP contribution in [-0.2, 0) is 33.2 Å². The van der Waals surface area contributed by atoms with Crippen molar-refractivity contribution in [1.82, 2.24) is 14.9 Å². The van der Waals surface area contributed by atoms with Crippen molar-refractivity contribution in [3.63, 3.8) is 0 Å². The molecule has 1 aromatic carbocycles. The number of hydrogen-bond acceptors (Lipinski definition) is 7. The summed E-state index contributed by atoms with van der Waals surface area (Å²) in [6.45, 7) is 3.50. The van der Waals surface area contributed by atoms with Crippen LogP contribution in [0.2, 0.25) is 0 Å². The van der Waals surface area contributed by atoms with Crippen LogP contribution in [0.15, 0.2) is 35.1 Å². The highest BCUT2D eigenvalue weighted by Gasteiger charge is 2.42. The van der Waals surface area contributed by atoms with Gasteiger partial charge in [-0.05, 0) is 91.1 Å². The van der Waals surface area contributed by atoms with Gasteiger partial charge >= 0.3 is 24.4 Å². The Kier molecular flexibility index (Phi) is 11.5. The fraction of sp³-hybridized carbons (Fsp3) is 0.613. The minimum absolute atomic E-state index is 0.107. The van der Waals surface area contributed by atoms with Crippen molar-refractivity contribution in [1.29, 1.82) is 0 Å². The smallest absolute Gasteiger partial charge is 0.416 e. The highest BCUT2D eigenvalue weighted by Crippen LogP contribution is 2.39. The summed E-state index contributed by atoms with van der Waals surface area (Å²) in [6.07, 6.45) is -3.93. The van der Waals surface area contributed by atoms with Gasteiger partial charge in [-0.25, -0.2) is 14.8 Å². The molecule has 1 saturated carbocycles. The minimum atomic E-state index is -4.99. The van der Waals surface area contributed by atoms with E-state index in [0.29, 0.717) is 55.8 Å². The fourth-order valence-electron chi connectivity index (χ4n) is 6.44. The van der Waals surface area contributed by atoms with E-state index < -0.39 is 35.6 Å². The summed E-state index contributed by atoms with van der Waals surface area (Å²) >= 11 is 3.27. The monoisotopic (exact) mass is 722 g/mol. The highest BCUT2D eigenvalue weighted by atomic mass is 79.9. The largest absolute Gasteiger partial charge is 0.469 e. The number of methoxy groups -OCH3 is 1. The molecule has 3 atom stereocenters. The molecule has 2 heterocycles. The van der Waals surface area contributed by atoms with Gasteiger partial charge < -0.3 is 19.3 Å². The molecule has 2 aromatic rings. The van der Waals surface area contributed by atoms with E-state index in [1.165, 1.54) is 19.5 Å². The molecule has 0 N–H and O–H groups in total. The molecule has 46 heavy (non-hydrogen) atoms. The van der Waals surface area contributed by atoms with Crippen LogP contribution < -0.4 is 4.90 Å². The molecule has 8 nitrogen and oxygen atoms in total. The molecule has 4 rings (SSSR count). The maximum absolute atomic E-state index is 13.7. The summed E-state index contributed by atoms with van der Waals surface area (Å²) in [6, 6.07) is 0.477. The molecular weight excluding hydrogens is 686 g/mol. The van der Waals surface area contributed by atoms with Crippen LogP contribution in [0.3, 0.4) is 0 Å². The van der Waals surface area contributed by atoms with E-state index in [2.05, 4.69) is 25.9 Å². The first-order valence-corrected chi connectivity index (χ1v) is 16.0. The molecule has 1 amide bonds. The molecule has 0 radical (unpaired) electrons. The number of benzene rings is 1. The number of nitrogens with zero attached hydrogens (tertiary/aromatic N) is 4. The molecule has 1 saturated heterocycles. The van der Waals surface area contributed by atoms with E-state index in [1.54, 1.807) is 9.80 Å². The van der Waals surface area contributed by atoms with Crippen molar-refractivity contribution in [3.05, 3.63) is 51.8 Å². The molecule has 0 bridgehead atoms. The Hall–Kier alpha value is -3.10. The Bertz CT molecular complexity index is 1310. The lowest BCUT2D eigenvalue weighted by atomic mass is 9.87. The Morgan fingerprint density at radius 2 is 1.43 bits per heavy atom. The number of carbonyl (C=O) groups excluding carboxylic acids is 2. The molecule has 0 spiro atoms. The van der Waals surface area contributed by atoms with E-state index in [-0.39, 0.29) is 54.2 Å². The third-order valence-corrected chi connectivity index (χ3v) is 9.22. The van der Waals surface area contributed by atoms with Crippen LogP contribution in [0.25, 0.3) is 0 Å². The molecule has 2 fully saturated rings. The first kappa shape index (κ1) is 35.7. The molecule has 0 unspecified atom stereocenters. The van der Waals surface area contributed by atoms with E-state index in [4.69, 9.17) is 9.47 Å². The zero-order chi connectivity index (χ0) is 33.8. The quantitative estimate of drug-likeness (QED) is 0.201. The number of halogens is 7. The van der Waals surface area contributed by atoms with Crippen LogP contribution in [-0.4, -0.2) is 58.3 Å². The fourth-order valence-corrected chi connectivity index (χ4v) is 6.64. The molecule has 1 aliphatic carbocycles. The lowest BCUT2D eigenvalue weighted by Crippen LogP contribution is -2.57. The Labute approximate surface area is 272 Å². The summed E-state index contributed by atoms with van der Waals surface area (Å²) in [5.74, 6) is -0.358. The van der Waals surface area contributed by atoms with Gasteiger partial charge in [-0.15, -0.1) is 0 Å². The zero-order valence-electron chi connectivity index (χ0n) is 25.7. The van der Waals surface area contributed by atoms with Crippen molar-refractivity contribution in [3.8, 4) is 0 Å². The van der Waals surface area contributed by atoms with Crippen LogP contribution in [0, 0.1) is 5.92 Å². The number of likely N-dealkylation sites (tertiary alicyclic amines) is 1. The lowest BCUT2D eigenvalue weighted by Gasteiger charge is -2.47. The van der Waals surface area contributed by atoms with Crippen molar-refractivity contribution in [2.75, 3.05) is 12.0 Å². The SMILES string of the molecule is CC[C@@H]1C[C@H](N(Cc2cc(C(F)(F)F)cc(C(F)(F)F)c2)c2ncc(Br)cn2)C[C@H](CC)N1C(=O)O[C@H]1CC[C@H](C(=O)OC)CC1. The first-order valence-electron chi connectivity index (χ1n) is 15.2. The van der Waals surface area contributed by atoms with Gasteiger partial charge in [0.2, 0.25) is 5.95 Å². The van der Waals surface area contributed by atoms with Gasteiger partial charge in [-0.2, -0.15) is 26.3 Å². The highest BCUT2D eigenvalue weighted by molar-refractivity contribution is 9.10. The second-order valence-electron chi connectivity index (χ2n) is 11.8. The number of alkyl halides is 6. The standard InChI is InChI=1S/C31H37BrF6N4O4/c1-4-23-13-25(14-24(5-2)42(23)29(44)46-26-8-6-19(7-9-26)27(43)45-3)41(28-39-15-22(32)16-40-28)17-18-10-20(30(33,34)35)12-21(11-18)31(36,37)38/h10-12,15-16,19,23-26H,4-9,13-14,17H2,1-3H3/t19-,23-,24+,25+,26-. The van der Waals surface area contributed by atoms with E-state index >= 15 is 0 Å². The second kappa shape index (κ2) is 14.8. The van der Waals surface area contributed by atoms with Gasteiger partial charge in [0, 0.05) is 37.1 Å². The number of ether oxygens (including phenoxy) is 2. The molecule has 1 aliphatic heterocycles. The van der Waals surface area contributed by atoms with Gasteiger partial charge in [0.15, 0.2) is 0 Å². The zero-order valence-corrected chi connectivity index (χ0v) is 27.3. The van der Waals surface area contributed by atoms with Crippen LogP contribution in [0.4, 0.5) is 37.1 Å². The second-order valence-corrected chi connectivity index (χ2v) is 12.7. The van der Waals surface area contributed by atoms with Gasteiger partial charge in [0.1, 0.15) is 6.10 Å². The third kappa shape index (κ3) is 8.62. The molecular formula is C31H37BrF6N4O4. The lowest BCUT2D eigenvalue weighted by molar-refractivity contribution is -0.147. The molecule has 2 aliphatic rings. The van der Waals surface area contributed by atoms with E-state index in [0.717, 1.165) is 12.1 Å². The number of piperidine rings is 1. The normalized spacial score (nSPS) is 24.0. The van der Waals surface area contributed by atoms with Gasteiger partial charge in [-0.1, -0.05) is 13.8 Å². The van der Waals surface area contributed by atoms with E-state index in [9.17, 15) is 35.9 Å². The van der Waals surface area contributed by atoms with Gasteiger partial charge in [-0.3, -0.25) is 4.79 Å². The molecule has 15 heteroatoms. The van der Waals surface area contributed by atoms with Crippen LogP contribution in [0.5, 0.6) is 0 Å². The number of hydrogen-bond donors (Lipinski definition) is 0. The first-order chi connectivity index (χ1) is 21.6. The summed E-state index contributed by atoms with van der Waals surface area (Å²) in [5.41, 5.74) is -2.99. The Morgan fingerprint density at radius 1 is 0.913 bits per heavy atom. The maximum atomic E-state index is 13.7. The Balaban J connectivity index is 1.60. The number of amides is 1. The Morgan fingerprint density at radius 3 is 1.89 bits per heavy atom. The number of anilines is 1. The van der Waals surface area contributed by atoms with Crippen LogP contribution >= 0.6 is 15.9 Å². The summed E-state index contributed by atoms with van der Waals surface area (Å²) < 4.78 is 93.3. The summed E-state index contributed by atoms with van der Waals surface area (Å²) in [7, 11) is 1.34. The van der Waals surface area contributed by atoms with Crippen molar-refractivity contribution >= 4 is 33.9 Å². The van der Waals surface area contributed by atoms with E-state index in [1.807, 2.05) is 13.8 Å². The van der Waals surface area contributed by atoms with Crippen molar-refractivity contribution in [2.24, 2.45) is 5.92 Å². The van der Waals surface area contributed by atoms with Crippen LogP contribution in [0.1, 0.15) is 81.9 Å². The predicted octanol–water partition coefficient (Wildman–Crippen LogP) is 8.17. The topological polar surface area (TPSA) is 84.9 Å². The van der Waals surface area contributed by atoms with Crippen molar-refractivity contribution < 1.29 is 45.4 Å². The number of aromatic nitrogens is 2. The summed E-state index contributed by atoms with van der Waals surface area (Å²) in [5, 5.41) is 0. The van der Waals surface area contributed by atoms with Crippen molar-refractivity contribution in [2.45, 2.75) is 108 Å². The average Bonchev–Trinajstić information content (AvgIpc) is 3.02. The number of esters is 1. The van der Waals surface area contributed by atoms with Gasteiger partial charge in [0.05, 0.1) is 28.6 Å². The molecule has 1 aromatic heterocycles. The number of carbonyl (C=O) groups is 2. The maximum Gasteiger partial charge on any atom is 0.416 e. The minimum Gasteiger partial charge on any atom is -0.469 e. The predicted molar refractivity (Wildman–Crippen MR) is 160 cm³/mol. The molecule has 254 valence electrons. The average molecular weight is 724 g/mol. The summed E-state index contributed by atoms with van der Waals surface area (Å²) in [4.78, 5) is 37.5. The van der Waals surface area contributed by atoms with Gasteiger partial charge in [0.25, 0.3) is 0 Å².